The molecule has 1 amide bonds. The van der Waals surface area contributed by atoms with Gasteiger partial charge in [-0.15, -0.1) is 0 Å². The van der Waals surface area contributed by atoms with Gasteiger partial charge in [0.1, 0.15) is 11.3 Å². The third kappa shape index (κ3) is 3.17. The van der Waals surface area contributed by atoms with Crippen molar-refractivity contribution >= 4 is 22.9 Å². The number of aromatic amines is 1. The second-order valence-electron chi connectivity index (χ2n) is 6.52. The van der Waals surface area contributed by atoms with Gasteiger partial charge in [-0.05, 0) is 12.1 Å². The highest BCUT2D eigenvalue weighted by molar-refractivity contribution is 6.11. The van der Waals surface area contributed by atoms with Crippen LogP contribution in [0, 0.1) is 0 Å². The van der Waals surface area contributed by atoms with Crippen LogP contribution >= 0.6 is 0 Å². The van der Waals surface area contributed by atoms with Gasteiger partial charge in [-0.1, -0.05) is 78.0 Å². The molecule has 0 saturated heterocycles. The van der Waals surface area contributed by atoms with Gasteiger partial charge in [0.2, 0.25) is 5.95 Å². The summed E-state index contributed by atoms with van der Waals surface area (Å²) in [5.41, 5.74) is 4.05. The van der Waals surface area contributed by atoms with Gasteiger partial charge in [0.05, 0.1) is 11.0 Å². The molecule has 2 N–H and O–H groups in total. The summed E-state index contributed by atoms with van der Waals surface area (Å²) >= 11 is 0. The molecule has 0 radical (unpaired) electrons. The zero-order valence-electron chi connectivity index (χ0n) is 15.3. The predicted molar refractivity (Wildman–Crippen MR) is 111 cm³/mol. The molecule has 140 valence electrons. The van der Waals surface area contributed by atoms with Gasteiger partial charge in [0, 0.05) is 11.1 Å². The van der Waals surface area contributed by atoms with Crippen LogP contribution in [0.15, 0.2) is 89.5 Å². The number of hydrogen-bond donors (Lipinski definition) is 2. The second-order valence-corrected chi connectivity index (χ2v) is 6.52. The maximum Gasteiger partial charge on any atom is 0.264 e. The number of hydrogen-bond acceptors (Lipinski definition) is 4. The lowest BCUT2D eigenvalue weighted by molar-refractivity contribution is 0.102. The van der Waals surface area contributed by atoms with Crippen LogP contribution in [0.4, 0.5) is 5.95 Å². The molecule has 2 heterocycles. The molecule has 0 aliphatic heterocycles. The molecule has 0 unspecified atom stereocenters. The van der Waals surface area contributed by atoms with E-state index in [1.807, 2.05) is 84.9 Å². The van der Waals surface area contributed by atoms with E-state index in [-0.39, 0.29) is 5.91 Å². The zero-order valence-corrected chi connectivity index (χ0v) is 15.3. The first kappa shape index (κ1) is 16.9. The van der Waals surface area contributed by atoms with E-state index in [4.69, 9.17) is 4.52 Å². The Morgan fingerprint density at radius 2 is 1.48 bits per heavy atom. The highest BCUT2D eigenvalue weighted by atomic mass is 16.5. The Kier molecular flexibility index (Phi) is 4.14. The van der Waals surface area contributed by atoms with E-state index >= 15 is 0 Å². The van der Waals surface area contributed by atoms with Crippen LogP contribution in [0.25, 0.3) is 33.6 Å². The van der Waals surface area contributed by atoms with Gasteiger partial charge in [-0.25, -0.2) is 4.98 Å². The smallest absolute Gasteiger partial charge is 0.264 e. The van der Waals surface area contributed by atoms with Gasteiger partial charge in [-0.2, -0.15) is 0 Å². The van der Waals surface area contributed by atoms with Gasteiger partial charge in [0.15, 0.2) is 5.76 Å². The van der Waals surface area contributed by atoms with Crippen molar-refractivity contribution in [1.29, 1.82) is 0 Å². The van der Waals surface area contributed by atoms with Crippen molar-refractivity contribution in [3.8, 4) is 22.6 Å². The Morgan fingerprint density at radius 3 is 2.21 bits per heavy atom. The number of nitrogens with zero attached hydrogens (tertiary/aromatic N) is 2. The zero-order chi connectivity index (χ0) is 19.6. The first-order chi connectivity index (χ1) is 14.3. The summed E-state index contributed by atoms with van der Waals surface area (Å²) in [6, 6.07) is 26.5. The number of H-pyrrole nitrogens is 1. The summed E-state index contributed by atoms with van der Waals surface area (Å²) in [6.45, 7) is 0. The fraction of sp³-hybridized carbons (Fsp3) is 0. The number of carbonyl (C=O) groups excluding carboxylic acids is 1. The molecular formula is C23H16N4O2. The number of anilines is 1. The van der Waals surface area contributed by atoms with Gasteiger partial charge in [0.25, 0.3) is 5.91 Å². The first-order valence-corrected chi connectivity index (χ1v) is 9.16. The summed E-state index contributed by atoms with van der Waals surface area (Å²) in [4.78, 5) is 20.8. The molecule has 5 aromatic rings. The topological polar surface area (TPSA) is 83.8 Å². The Hall–Kier alpha value is -4.19. The van der Waals surface area contributed by atoms with Crippen LogP contribution in [0.3, 0.4) is 0 Å². The third-order valence-corrected chi connectivity index (χ3v) is 4.62. The maximum atomic E-state index is 13.3. The SMILES string of the molecule is O=C(Nc1nc2ccccc2[nH]1)c1c(-c2ccccc2)noc1-c1ccccc1. The van der Waals surface area contributed by atoms with E-state index in [2.05, 4.69) is 20.4 Å². The minimum absolute atomic E-state index is 0.344. The summed E-state index contributed by atoms with van der Waals surface area (Å²) in [6.07, 6.45) is 0. The highest BCUT2D eigenvalue weighted by Crippen LogP contribution is 2.32. The molecule has 2 aromatic heterocycles. The Labute approximate surface area is 166 Å². The minimum Gasteiger partial charge on any atom is -0.355 e. The van der Waals surface area contributed by atoms with E-state index < -0.39 is 0 Å². The van der Waals surface area contributed by atoms with Crippen LogP contribution in [0.2, 0.25) is 0 Å². The molecule has 0 aliphatic rings. The Bertz CT molecular complexity index is 1200. The van der Waals surface area contributed by atoms with Gasteiger partial charge >= 0.3 is 0 Å². The largest absolute Gasteiger partial charge is 0.355 e. The molecular weight excluding hydrogens is 364 g/mol. The van der Waals surface area contributed by atoms with Crippen molar-refractivity contribution in [3.63, 3.8) is 0 Å². The third-order valence-electron chi connectivity index (χ3n) is 4.62. The molecule has 0 fully saturated rings. The number of carbonyl (C=O) groups is 1. The van der Waals surface area contributed by atoms with Crippen LogP contribution < -0.4 is 5.32 Å². The van der Waals surface area contributed by atoms with Crippen molar-refractivity contribution < 1.29 is 9.32 Å². The van der Waals surface area contributed by atoms with Crippen molar-refractivity contribution in [2.75, 3.05) is 5.32 Å². The van der Waals surface area contributed by atoms with E-state index in [9.17, 15) is 4.79 Å². The molecule has 0 aliphatic carbocycles. The maximum absolute atomic E-state index is 13.3. The lowest BCUT2D eigenvalue weighted by Gasteiger charge is -2.05. The highest BCUT2D eigenvalue weighted by Gasteiger charge is 2.25. The number of benzene rings is 3. The van der Waals surface area contributed by atoms with Crippen molar-refractivity contribution in [3.05, 3.63) is 90.5 Å². The standard InChI is InChI=1S/C23H16N4O2/c28-22(26-23-24-17-13-7-8-14-18(17)25-23)19-20(15-9-3-1-4-10-15)27-29-21(19)16-11-5-2-6-12-16/h1-14H,(H2,24,25,26,28). The predicted octanol–water partition coefficient (Wildman–Crippen LogP) is 5.14. The van der Waals surface area contributed by atoms with Crippen LogP contribution in [-0.2, 0) is 0 Å². The minimum atomic E-state index is -0.344. The lowest BCUT2D eigenvalue weighted by Crippen LogP contribution is -2.14. The molecule has 6 nitrogen and oxygen atoms in total. The normalized spacial score (nSPS) is 10.9. The summed E-state index contributed by atoms with van der Waals surface area (Å²) in [7, 11) is 0. The number of fused-ring (bicyclic) bond motifs is 1. The van der Waals surface area contributed by atoms with E-state index in [1.165, 1.54) is 0 Å². The van der Waals surface area contributed by atoms with Gasteiger partial charge < -0.3 is 9.51 Å². The average molecular weight is 380 g/mol. The molecule has 3 aromatic carbocycles. The van der Waals surface area contributed by atoms with Crippen molar-refractivity contribution in [1.82, 2.24) is 15.1 Å². The first-order valence-electron chi connectivity index (χ1n) is 9.16. The number of para-hydroxylation sites is 2. The number of imidazole rings is 1. The molecule has 6 heteroatoms. The monoisotopic (exact) mass is 380 g/mol. The average Bonchev–Trinajstić information content (AvgIpc) is 3.39. The molecule has 0 spiro atoms. The fourth-order valence-corrected chi connectivity index (χ4v) is 3.26. The van der Waals surface area contributed by atoms with Crippen LogP contribution in [-0.4, -0.2) is 21.0 Å². The Morgan fingerprint density at radius 1 is 0.828 bits per heavy atom. The second kappa shape index (κ2) is 7.09. The van der Waals surface area contributed by atoms with Crippen molar-refractivity contribution in [2.24, 2.45) is 0 Å². The quantitative estimate of drug-likeness (QED) is 0.452. The Balaban J connectivity index is 1.59. The van der Waals surface area contributed by atoms with E-state index in [0.717, 1.165) is 22.2 Å². The summed E-state index contributed by atoms with van der Waals surface area (Å²) in [5.74, 6) is 0.441. The molecule has 29 heavy (non-hydrogen) atoms. The number of nitrogens with one attached hydrogen (secondary N) is 2. The molecule has 0 bridgehead atoms. The number of amides is 1. The fourth-order valence-electron chi connectivity index (χ4n) is 3.26. The molecule has 5 rings (SSSR count). The van der Waals surface area contributed by atoms with Gasteiger partial charge in [-0.3, -0.25) is 10.1 Å². The van der Waals surface area contributed by atoms with E-state index in [0.29, 0.717) is 23.0 Å². The van der Waals surface area contributed by atoms with Crippen LogP contribution in [0.1, 0.15) is 10.4 Å². The molecule has 0 saturated carbocycles. The molecule has 0 atom stereocenters. The summed E-state index contributed by atoms with van der Waals surface area (Å²) in [5, 5.41) is 7.05. The number of rotatable bonds is 4. The van der Waals surface area contributed by atoms with Crippen LogP contribution in [0.5, 0.6) is 0 Å². The lowest BCUT2D eigenvalue weighted by atomic mass is 10.0. The summed E-state index contributed by atoms with van der Waals surface area (Å²) < 4.78 is 5.61. The van der Waals surface area contributed by atoms with E-state index in [1.54, 1.807) is 0 Å². The van der Waals surface area contributed by atoms with Crippen molar-refractivity contribution in [2.45, 2.75) is 0 Å². The number of aromatic nitrogens is 3.